The Bertz CT molecular complexity index is 1270. The third-order valence-corrected chi connectivity index (χ3v) is 5.53. The number of rotatable bonds is 5. The van der Waals surface area contributed by atoms with Gasteiger partial charge in [-0.3, -0.25) is 9.78 Å². The molecule has 1 atom stereocenters. The molecule has 1 unspecified atom stereocenters. The molecule has 3 heterocycles. The summed E-state index contributed by atoms with van der Waals surface area (Å²) >= 11 is 0. The highest BCUT2D eigenvalue weighted by Crippen LogP contribution is 2.32. The number of nitrogens with zero attached hydrogens (tertiary/aromatic N) is 5. The second-order valence-electron chi connectivity index (χ2n) is 7.64. The Morgan fingerprint density at radius 2 is 1.79 bits per heavy atom. The van der Waals surface area contributed by atoms with Crippen molar-refractivity contribution in [2.75, 3.05) is 13.7 Å². The fourth-order valence-corrected chi connectivity index (χ4v) is 3.92. The van der Waals surface area contributed by atoms with Gasteiger partial charge in [0.15, 0.2) is 5.82 Å². The molecule has 0 saturated carbocycles. The van der Waals surface area contributed by atoms with Gasteiger partial charge in [-0.15, -0.1) is 0 Å². The molecule has 5 rings (SSSR count). The Morgan fingerprint density at radius 1 is 1.03 bits per heavy atom. The van der Waals surface area contributed by atoms with Crippen LogP contribution in [0.3, 0.4) is 0 Å². The number of carbonyl (C=O) groups is 1. The van der Waals surface area contributed by atoms with Crippen LogP contribution in [0.4, 0.5) is 0 Å². The van der Waals surface area contributed by atoms with Gasteiger partial charge in [0.2, 0.25) is 0 Å². The predicted octanol–water partition coefficient (Wildman–Crippen LogP) is 4.39. The Balaban J connectivity index is 1.42. The van der Waals surface area contributed by atoms with Crippen LogP contribution < -0.4 is 0 Å². The number of oxime groups is 1. The minimum Gasteiger partial charge on any atom is -0.399 e. The number of benzene rings is 2. The van der Waals surface area contributed by atoms with Crippen LogP contribution in [0.5, 0.6) is 0 Å². The van der Waals surface area contributed by atoms with Gasteiger partial charge in [-0.25, -0.2) is 0 Å². The molecule has 1 saturated heterocycles. The third-order valence-electron chi connectivity index (χ3n) is 5.53. The lowest BCUT2D eigenvalue weighted by molar-refractivity contribution is 0.0732. The van der Waals surface area contributed by atoms with Crippen molar-refractivity contribution in [1.29, 1.82) is 0 Å². The minimum atomic E-state index is -0.408. The van der Waals surface area contributed by atoms with E-state index in [-0.39, 0.29) is 5.91 Å². The molecule has 1 aliphatic rings. The summed E-state index contributed by atoms with van der Waals surface area (Å²) in [4.78, 5) is 28.7. The summed E-state index contributed by atoms with van der Waals surface area (Å²) in [5.74, 6) is 0.646. The fourth-order valence-electron chi connectivity index (χ4n) is 3.92. The number of hydrogen-bond acceptors (Lipinski definition) is 7. The number of carbonyl (C=O) groups excluding carboxylic acids is 1. The van der Waals surface area contributed by atoms with Crippen LogP contribution in [0.2, 0.25) is 0 Å². The maximum atomic E-state index is 13.4. The van der Waals surface area contributed by atoms with Gasteiger partial charge in [0.25, 0.3) is 11.8 Å². The molecule has 164 valence electrons. The first-order valence-corrected chi connectivity index (χ1v) is 10.5. The summed E-state index contributed by atoms with van der Waals surface area (Å²) in [5.41, 5.74) is 4.18. The Morgan fingerprint density at radius 3 is 2.52 bits per heavy atom. The number of likely N-dealkylation sites (tertiary alicyclic amines) is 1. The predicted molar refractivity (Wildman–Crippen MR) is 122 cm³/mol. The van der Waals surface area contributed by atoms with Crippen molar-refractivity contribution >= 4 is 11.6 Å². The summed E-state index contributed by atoms with van der Waals surface area (Å²) in [6, 6.07) is 20.8. The zero-order chi connectivity index (χ0) is 22.6. The molecular formula is C25H21N5O3. The second kappa shape index (κ2) is 9.04. The number of hydrogen-bond donors (Lipinski definition) is 0. The van der Waals surface area contributed by atoms with Crippen LogP contribution in [0.1, 0.15) is 28.6 Å². The third kappa shape index (κ3) is 4.23. The maximum Gasteiger partial charge on any atom is 0.259 e. The summed E-state index contributed by atoms with van der Waals surface area (Å²) in [6.07, 6.45) is 3.80. The molecular weight excluding hydrogens is 418 g/mol. The number of amides is 1. The van der Waals surface area contributed by atoms with Gasteiger partial charge < -0.3 is 14.3 Å². The molecule has 2 aromatic carbocycles. The van der Waals surface area contributed by atoms with Crippen molar-refractivity contribution in [3.63, 3.8) is 0 Å². The van der Waals surface area contributed by atoms with Crippen molar-refractivity contribution in [3.05, 3.63) is 90.5 Å². The molecule has 4 aromatic rings. The van der Waals surface area contributed by atoms with Crippen LogP contribution in [0.15, 0.2) is 88.8 Å². The summed E-state index contributed by atoms with van der Waals surface area (Å²) < 4.78 is 5.45. The smallest absolute Gasteiger partial charge is 0.259 e. The van der Waals surface area contributed by atoms with Gasteiger partial charge in [-0.2, -0.15) is 4.98 Å². The number of aromatic nitrogens is 3. The quantitative estimate of drug-likeness (QED) is 0.428. The van der Waals surface area contributed by atoms with Crippen LogP contribution >= 0.6 is 0 Å². The minimum absolute atomic E-state index is 0.131. The first-order chi connectivity index (χ1) is 16.2. The van der Waals surface area contributed by atoms with Gasteiger partial charge in [0.05, 0.1) is 17.8 Å². The Hall–Kier alpha value is -4.33. The molecule has 8 nitrogen and oxygen atoms in total. The highest BCUT2D eigenvalue weighted by atomic mass is 16.6. The van der Waals surface area contributed by atoms with Gasteiger partial charge in [-0.05, 0) is 35.4 Å². The normalized spacial score (nSPS) is 16.8. The van der Waals surface area contributed by atoms with Crippen molar-refractivity contribution in [2.45, 2.75) is 12.5 Å². The fraction of sp³-hybridized carbons (Fsp3) is 0.160. The lowest BCUT2D eigenvalue weighted by Gasteiger charge is -2.21. The van der Waals surface area contributed by atoms with Gasteiger partial charge in [0.1, 0.15) is 13.2 Å². The van der Waals surface area contributed by atoms with E-state index in [1.807, 2.05) is 60.7 Å². The van der Waals surface area contributed by atoms with Gasteiger partial charge in [0, 0.05) is 24.4 Å². The van der Waals surface area contributed by atoms with E-state index in [0.717, 1.165) is 22.4 Å². The van der Waals surface area contributed by atoms with E-state index in [1.165, 1.54) is 7.11 Å². The van der Waals surface area contributed by atoms with Crippen LogP contribution in [0, 0.1) is 0 Å². The van der Waals surface area contributed by atoms with Crippen LogP contribution in [-0.2, 0) is 4.84 Å². The van der Waals surface area contributed by atoms with E-state index in [0.29, 0.717) is 30.2 Å². The molecule has 0 bridgehead atoms. The topological polar surface area (TPSA) is 93.7 Å². The standard InChI is InChI=1S/C25H21N5O3/c1-32-28-21-14-22(23-27-24(33-29-23)20-8-5-13-26-15-20)30(16-21)25(31)19-11-9-18(10-12-19)17-6-3-2-4-7-17/h2-13,15,22H,14,16H2,1H3/b28-21+. The molecule has 33 heavy (non-hydrogen) atoms. The molecule has 2 aromatic heterocycles. The molecule has 1 fully saturated rings. The molecule has 1 amide bonds. The van der Waals surface area contributed by atoms with E-state index in [2.05, 4.69) is 20.3 Å². The Kier molecular flexibility index (Phi) is 5.63. The molecule has 0 N–H and O–H groups in total. The number of pyridine rings is 1. The molecule has 8 heteroatoms. The van der Waals surface area contributed by atoms with Crippen molar-refractivity contribution in [3.8, 4) is 22.6 Å². The lowest BCUT2D eigenvalue weighted by atomic mass is 10.0. The molecule has 0 spiro atoms. The average molecular weight is 439 g/mol. The lowest BCUT2D eigenvalue weighted by Crippen LogP contribution is -2.31. The van der Waals surface area contributed by atoms with E-state index < -0.39 is 6.04 Å². The average Bonchev–Trinajstić information content (AvgIpc) is 3.53. The highest BCUT2D eigenvalue weighted by Gasteiger charge is 2.38. The maximum absolute atomic E-state index is 13.4. The van der Waals surface area contributed by atoms with Crippen molar-refractivity contribution in [2.24, 2.45) is 5.16 Å². The zero-order valence-electron chi connectivity index (χ0n) is 18.0. The molecule has 0 aliphatic carbocycles. The van der Waals surface area contributed by atoms with Crippen molar-refractivity contribution < 1.29 is 14.2 Å². The second-order valence-corrected chi connectivity index (χ2v) is 7.64. The zero-order valence-corrected chi connectivity index (χ0v) is 18.0. The first-order valence-electron chi connectivity index (χ1n) is 10.5. The van der Waals surface area contributed by atoms with Gasteiger partial charge >= 0.3 is 0 Å². The van der Waals surface area contributed by atoms with E-state index in [4.69, 9.17) is 9.36 Å². The SMILES string of the molecule is CO/N=C1\CC(c2noc(-c3cccnc3)n2)N(C(=O)c2ccc(-c3ccccc3)cc2)C1. The Labute approximate surface area is 190 Å². The van der Waals surface area contributed by atoms with E-state index in [9.17, 15) is 4.79 Å². The van der Waals surface area contributed by atoms with Crippen LogP contribution in [0.25, 0.3) is 22.6 Å². The van der Waals surface area contributed by atoms with Gasteiger partial charge in [-0.1, -0.05) is 52.8 Å². The monoisotopic (exact) mass is 439 g/mol. The van der Waals surface area contributed by atoms with Crippen molar-refractivity contribution in [1.82, 2.24) is 20.0 Å². The van der Waals surface area contributed by atoms with E-state index in [1.54, 1.807) is 23.4 Å². The largest absolute Gasteiger partial charge is 0.399 e. The van der Waals surface area contributed by atoms with E-state index >= 15 is 0 Å². The summed E-state index contributed by atoms with van der Waals surface area (Å²) in [7, 11) is 1.49. The first kappa shape index (κ1) is 20.6. The van der Waals surface area contributed by atoms with Crippen LogP contribution in [-0.4, -0.2) is 45.3 Å². The summed E-state index contributed by atoms with van der Waals surface area (Å²) in [6.45, 7) is 0.328. The molecule has 1 aliphatic heterocycles. The summed E-state index contributed by atoms with van der Waals surface area (Å²) in [5, 5.41) is 8.22. The molecule has 0 radical (unpaired) electrons. The highest BCUT2D eigenvalue weighted by molar-refractivity contribution is 6.00.